The molecule has 0 aliphatic heterocycles. The van der Waals surface area contributed by atoms with Crippen LogP contribution in [-0.4, -0.2) is 26.8 Å². The van der Waals surface area contributed by atoms with E-state index in [9.17, 15) is 10.1 Å². The number of alkyl halides is 2. The minimum absolute atomic E-state index is 0.0483. The molecule has 4 nitrogen and oxygen atoms in total. The highest BCUT2D eigenvalue weighted by molar-refractivity contribution is 6.24. The fourth-order valence-corrected chi connectivity index (χ4v) is 9.44. The molecule has 0 radical (unpaired) electrons. The Labute approximate surface area is 165 Å². The first-order valence-electron chi connectivity index (χ1n) is 10.5. The predicted octanol–water partition coefficient (Wildman–Crippen LogP) is 4.58. The monoisotopic (exact) mass is 400 g/mol. The van der Waals surface area contributed by atoms with Gasteiger partial charge in [-0.3, -0.25) is 10.1 Å². The predicted molar refractivity (Wildman–Crippen MR) is 103 cm³/mol. The Morgan fingerprint density at radius 3 is 1.54 bits per heavy atom. The average molecular weight is 401 g/mol. The van der Waals surface area contributed by atoms with Gasteiger partial charge < -0.3 is 5.73 Å². The Kier molecular flexibility index (Phi) is 4.13. The minimum Gasteiger partial charge on any atom is -0.327 e. The zero-order valence-corrected chi connectivity index (χ0v) is 16.8. The Balaban J connectivity index is 0.000000117. The van der Waals surface area contributed by atoms with Crippen molar-refractivity contribution in [1.29, 1.82) is 0 Å². The van der Waals surface area contributed by atoms with Crippen molar-refractivity contribution in [2.24, 2.45) is 41.2 Å². The lowest BCUT2D eigenvalue weighted by atomic mass is 9.54. The molecule has 0 heterocycles. The van der Waals surface area contributed by atoms with Crippen LogP contribution in [-0.2, 0) is 0 Å². The molecule has 0 spiro atoms. The molecule has 8 saturated carbocycles. The first-order chi connectivity index (χ1) is 12.2. The molecule has 0 amide bonds. The summed E-state index contributed by atoms with van der Waals surface area (Å²) in [5.41, 5.74) is 6.17. The summed E-state index contributed by atoms with van der Waals surface area (Å²) in [4.78, 5) is 11.0. The third kappa shape index (κ3) is 2.90. The van der Waals surface area contributed by atoms with Crippen molar-refractivity contribution in [1.82, 2.24) is 0 Å². The standard InChI is InChI=1S/C10H14ClNO2.C10H16ClN/c11-10-3-6-1-7(4-10)9(12(13)14)8(2-6)5-10;11-10-3-6-1-7(4-10)9(12)8(2-6)5-10/h6-9H,1-5H2;6-9H,1-5,12H2. The molecule has 8 aliphatic carbocycles. The minimum atomic E-state index is -0.279. The Hall–Kier alpha value is -0.0600. The molecule has 8 rings (SSSR count). The number of hydrogen-bond donors (Lipinski definition) is 1. The van der Waals surface area contributed by atoms with E-state index in [1.807, 2.05) is 0 Å². The van der Waals surface area contributed by atoms with Crippen molar-refractivity contribution >= 4 is 23.2 Å². The maximum Gasteiger partial charge on any atom is 0.218 e. The SMILES string of the molecule is NC1C2CC3CC1CC(Cl)(C3)C2.O=[N+]([O-])C1C2CC3CC1CC(Cl)(C3)C2. The highest BCUT2D eigenvalue weighted by atomic mass is 35.5. The Bertz CT molecular complexity index is 583. The van der Waals surface area contributed by atoms with Gasteiger partial charge >= 0.3 is 0 Å². The van der Waals surface area contributed by atoms with Crippen molar-refractivity contribution in [3.63, 3.8) is 0 Å². The van der Waals surface area contributed by atoms with E-state index in [0.29, 0.717) is 12.0 Å². The van der Waals surface area contributed by atoms with Gasteiger partial charge in [-0.15, -0.1) is 23.2 Å². The molecule has 4 atom stereocenters. The Morgan fingerprint density at radius 1 is 0.769 bits per heavy atom. The highest BCUT2D eigenvalue weighted by Crippen LogP contribution is 2.59. The van der Waals surface area contributed by atoms with Crippen LogP contribution in [0.1, 0.15) is 64.2 Å². The number of nitrogens with zero attached hydrogens (tertiary/aromatic N) is 1. The van der Waals surface area contributed by atoms with E-state index in [2.05, 4.69) is 0 Å². The van der Waals surface area contributed by atoms with Crippen LogP contribution in [0, 0.1) is 45.6 Å². The number of hydrogen-bond acceptors (Lipinski definition) is 3. The quantitative estimate of drug-likeness (QED) is 0.397. The van der Waals surface area contributed by atoms with Crippen LogP contribution in [0.3, 0.4) is 0 Å². The Morgan fingerprint density at radius 2 is 1.15 bits per heavy atom. The van der Waals surface area contributed by atoms with Crippen molar-refractivity contribution in [3.05, 3.63) is 10.1 Å². The van der Waals surface area contributed by atoms with Crippen LogP contribution in [0.5, 0.6) is 0 Å². The van der Waals surface area contributed by atoms with Gasteiger partial charge in [0.25, 0.3) is 0 Å². The average Bonchev–Trinajstić information content (AvgIpc) is 2.49. The largest absolute Gasteiger partial charge is 0.327 e. The van der Waals surface area contributed by atoms with Gasteiger partial charge in [0.1, 0.15) is 0 Å². The van der Waals surface area contributed by atoms with E-state index in [-0.39, 0.29) is 32.5 Å². The van der Waals surface area contributed by atoms with Gasteiger partial charge in [0.2, 0.25) is 6.04 Å². The van der Waals surface area contributed by atoms with Gasteiger partial charge in [-0.1, -0.05) is 0 Å². The maximum atomic E-state index is 11.0. The molecule has 0 saturated heterocycles. The molecule has 8 fully saturated rings. The summed E-state index contributed by atoms with van der Waals surface area (Å²) in [5, 5.41) is 11.0. The topological polar surface area (TPSA) is 69.2 Å². The zero-order chi connectivity index (χ0) is 18.3. The summed E-state index contributed by atoms with van der Waals surface area (Å²) in [7, 11) is 0. The number of nitro groups is 1. The molecule has 146 valence electrons. The summed E-state index contributed by atoms with van der Waals surface area (Å²) < 4.78 is 0. The molecule has 8 aliphatic rings. The second-order valence-electron chi connectivity index (χ2n) is 10.6. The van der Waals surface area contributed by atoms with Gasteiger partial charge in [0.05, 0.1) is 0 Å². The van der Waals surface area contributed by atoms with E-state index in [4.69, 9.17) is 28.9 Å². The summed E-state index contributed by atoms with van der Waals surface area (Å²) >= 11 is 13.0. The zero-order valence-electron chi connectivity index (χ0n) is 15.3. The van der Waals surface area contributed by atoms with Crippen LogP contribution >= 0.6 is 23.2 Å². The number of rotatable bonds is 1. The highest BCUT2D eigenvalue weighted by Gasteiger charge is 2.59. The van der Waals surface area contributed by atoms with Gasteiger partial charge in [-0.2, -0.15) is 0 Å². The van der Waals surface area contributed by atoms with Crippen LogP contribution in [0.15, 0.2) is 0 Å². The molecular formula is C20H30Cl2N2O2. The van der Waals surface area contributed by atoms with E-state index in [0.717, 1.165) is 49.9 Å². The van der Waals surface area contributed by atoms with Crippen LogP contribution in [0.4, 0.5) is 0 Å². The summed E-state index contributed by atoms with van der Waals surface area (Å²) in [6.07, 6.45) is 11.4. The fourth-order valence-electron chi connectivity index (χ4n) is 8.21. The van der Waals surface area contributed by atoms with Gasteiger partial charge in [-0.05, 0) is 87.9 Å². The second kappa shape index (κ2) is 5.97. The lowest BCUT2D eigenvalue weighted by Crippen LogP contribution is -2.57. The molecule has 0 aromatic rings. The van der Waals surface area contributed by atoms with Crippen molar-refractivity contribution < 1.29 is 4.92 Å². The van der Waals surface area contributed by atoms with Gasteiger partial charge in [0.15, 0.2) is 0 Å². The van der Waals surface area contributed by atoms with E-state index < -0.39 is 0 Å². The molecule has 6 heteroatoms. The molecule has 26 heavy (non-hydrogen) atoms. The van der Waals surface area contributed by atoms with Crippen LogP contribution in [0.2, 0.25) is 0 Å². The smallest absolute Gasteiger partial charge is 0.218 e. The van der Waals surface area contributed by atoms with Gasteiger partial charge in [-0.25, -0.2) is 0 Å². The molecule has 0 aromatic carbocycles. The fraction of sp³-hybridized carbons (Fsp3) is 1.00. The summed E-state index contributed by atoms with van der Waals surface area (Å²) in [5.74, 6) is 3.66. The summed E-state index contributed by atoms with van der Waals surface area (Å²) in [6.45, 7) is 0. The third-order valence-electron chi connectivity index (χ3n) is 8.66. The third-order valence-corrected chi connectivity index (χ3v) is 9.59. The number of halogens is 2. The van der Waals surface area contributed by atoms with E-state index in [1.54, 1.807) is 0 Å². The normalized spacial score (nSPS) is 58.4. The van der Waals surface area contributed by atoms with Crippen LogP contribution < -0.4 is 5.73 Å². The lowest BCUT2D eigenvalue weighted by Gasteiger charge is -2.56. The van der Waals surface area contributed by atoms with Crippen molar-refractivity contribution in [3.8, 4) is 0 Å². The molecule has 4 unspecified atom stereocenters. The van der Waals surface area contributed by atoms with E-state index >= 15 is 0 Å². The van der Waals surface area contributed by atoms with Crippen LogP contribution in [0.25, 0.3) is 0 Å². The second-order valence-corrected chi connectivity index (χ2v) is 12.2. The molecule has 8 bridgehead atoms. The van der Waals surface area contributed by atoms with E-state index in [1.165, 1.54) is 32.1 Å². The maximum absolute atomic E-state index is 11.0. The molecular weight excluding hydrogens is 371 g/mol. The first kappa shape index (κ1) is 18.0. The van der Waals surface area contributed by atoms with Crippen molar-refractivity contribution in [2.75, 3.05) is 0 Å². The lowest BCUT2D eigenvalue weighted by molar-refractivity contribution is -0.552. The summed E-state index contributed by atoms with van der Waals surface area (Å²) in [6, 6.07) is 0.201. The van der Waals surface area contributed by atoms with Gasteiger partial charge in [0, 0.05) is 32.5 Å². The van der Waals surface area contributed by atoms with Crippen molar-refractivity contribution in [2.45, 2.75) is 86.0 Å². The first-order valence-corrected chi connectivity index (χ1v) is 11.3. The molecule has 2 N–H and O–H groups in total. The number of nitrogens with two attached hydrogens (primary N) is 1. The molecule has 0 aromatic heterocycles.